The van der Waals surface area contributed by atoms with Gasteiger partial charge in [-0.1, -0.05) is 13.8 Å². The summed E-state index contributed by atoms with van der Waals surface area (Å²) in [7, 11) is 0. The fourth-order valence-electron chi connectivity index (χ4n) is 3.79. The van der Waals surface area contributed by atoms with Crippen LogP contribution in [0.2, 0.25) is 0 Å². The number of rotatable bonds is 1. The van der Waals surface area contributed by atoms with Gasteiger partial charge in [0.05, 0.1) is 0 Å². The van der Waals surface area contributed by atoms with Crippen molar-refractivity contribution < 1.29 is 0 Å². The molecule has 2 aliphatic rings. The topological polar surface area (TPSA) is 3.24 Å². The molecule has 2 rings (SSSR count). The van der Waals surface area contributed by atoms with E-state index in [9.17, 15) is 0 Å². The van der Waals surface area contributed by atoms with Gasteiger partial charge >= 0.3 is 0 Å². The van der Waals surface area contributed by atoms with Gasteiger partial charge in [0.1, 0.15) is 0 Å². The number of nitrogens with zero attached hydrogens (tertiary/aromatic N) is 1. The fourth-order valence-corrected chi connectivity index (χ4v) is 3.79. The summed E-state index contributed by atoms with van der Waals surface area (Å²) in [6.45, 7) is 12.3. The van der Waals surface area contributed by atoms with E-state index in [1.54, 1.807) is 0 Å². The van der Waals surface area contributed by atoms with Crippen molar-refractivity contribution in [2.75, 3.05) is 13.1 Å². The minimum atomic E-state index is 0.727. The van der Waals surface area contributed by atoms with Crippen LogP contribution in [-0.2, 0) is 0 Å². The minimum Gasteiger partial charge on any atom is -0.301 e. The molecule has 1 aliphatic carbocycles. The van der Waals surface area contributed by atoms with E-state index < -0.39 is 0 Å². The Hall–Kier alpha value is -0.0400. The van der Waals surface area contributed by atoms with Crippen molar-refractivity contribution in [3.8, 4) is 0 Å². The third-order valence-corrected chi connectivity index (χ3v) is 5.44. The van der Waals surface area contributed by atoms with Gasteiger partial charge in [0, 0.05) is 6.04 Å². The molecule has 1 spiro atoms. The molecule has 0 aromatic heterocycles. The van der Waals surface area contributed by atoms with Crippen LogP contribution in [0.15, 0.2) is 0 Å². The molecule has 88 valence electrons. The highest BCUT2D eigenvalue weighted by atomic mass is 15.2. The van der Waals surface area contributed by atoms with Crippen molar-refractivity contribution in [2.24, 2.45) is 17.3 Å². The Bertz CT molecular complexity index is 213. The first-order valence-corrected chi connectivity index (χ1v) is 6.79. The Labute approximate surface area is 95.2 Å². The van der Waals surface area contributed by atoms with Crippen LogP contribution < -0.4 is 0 Å². The van der Waals surface area contributed by atoms with Crippen molar-refractivity contribution >= 4 is 0 Å². The molecule has 1 nitrogen and oxygen atoms in total. The van der Waals surface area contributed by atoms with Crippen LogP contribution >= 0.6 is 0 Å². The first kappa shape index (κ1) is 11.4. The Balaban J connectivity index is 1.98. The molecule has 0 N–H and O–H groups in total. The zero-order chi connectivity index (χ0) is 11.1. The molecule has 0 radical (unpaired) electrons. The third kappa shape index (κ3) is 1.95. The Morgan fingerprint density at radius 1 is 1.07 bits per heavy atom. The van der Waals surface area contributed by atoms with Crippen LogP contribution in [-0.4, -0.2) is 24.0 Å². The molecule has 1 aliphatic heterocycles. The summed E-state index contributed by atoms with van der Waals surface area (Å²) in [6.07, 6.45) is 5.89. The van der Waals surface area contributed by atoms with Crippen molar-refractivity contribution in [3.05, 3.63) is 0 Å². The van der Waals surface area contributed by atoms with Gasteiger partial charge in [-0.15, -0.1) is 0 Å². The highest BCUT2D eigenvalue weighted by Crippen LogP contribution is 2.52. The van der Waals surface area contributed by atoms with Gasteiger partial charge in [0.25, 0.3) is 0 Å². The van der Waals surface area contributed by atoms with Gasteiger partial charge < -0.3 is 4.90 Å². The maximum atomic E-state index is 2.65. The fraction of sp³-hybridized carbons (Fsp3) is 1.00. The van der Waals surface area contributed by atoms with E-state index in [-0.39, 0.29) is 0 Å². The molecule has 1 saturated heterocycles. The van der Waals surface area contributed by atoms with E-state index >= 15 is 0 Å². The lowest BCUT2D eigenvalue weighted by molar-refractivity contribution is 0.0516. The zero-order valence-electron chi connectivity index (χ0n) is 10.9. The molecule has 1 heterocycles. The van der Waals surface area contributed by atoms with Crippen molar-refractivity contribution in [2.45, 2.75) is 59.4 Å². The summed E-state index contributed by atoms with van der Waals surface area (Å²) < 4.78 is 0. The second-order valence-corrected chi connectivity index (χ2v) is 6.30. The maximum Gasteiger partial charge on any atom is 0.00385 e. The molecule has 2 unspecified atom stereocenters. The normalized spacial score (nSPS) is 36.6. The van der Waals surface area contributed by atoms with Gasteiger partial charge in [0.2, 0.25) is 0 Å². The second kappa shape index (κ2) is 4.08. The molecular weight excluding hydrogens is 182 g/mol. The van der Waals surface area contributed by atoms with Crippen molar-refractivity contribution in [3.63, 3.8) is 0 Å². The SMILES string of the molecule is CC1CCC2(CCN(C(C)C)CC2)C1C. The van der Waals surface area contributed by atoms with E-state index in [1.807, 2.05) is 0 Å². The molecule has 15 heavy (non-hydrogen) atoms. The molecule has 0 aromatic carbocycles. The smallest absolute Gasteiger partial charge is 0.00385 e. The maximum absolute atomic E-state index is 2.65. The van der Waals surface area contributed by atoms with Gasteiger partial charge in [-0.05, 0) is 69.9 Å². The monoisotopic (exact) mass is 209 g/mol. The van der Waals surface area contributed by atoms with Crippen LogP contribution in [0.25, 0.3) is 0 Å². The van der Waals surface area contributed by atoms with Crippen LogP contribution in [0.4, 0.5) is 0 Å². The molecule has 2 fully saturated rings. The quantitative estimate of drug-likeness (QED) is 0.638. The first-order chi connectivity index (χ1) is 7.05. The summed E-state index contributed by atoms with van der Waals surface area (Å²) >= 11 is 0. The van der Waals surface area contributed by atoms with Crippen LogP contribution in [0.5, 0.6) is 0 Å². The van der Waals surface area contributed by atoms with E-state index in [4.69, 9.17) is 0 Å². The summed E-state index contributed by atoms with van der Waals surface area (Å²) in [5.41, 5.74) is 0.727. The summed E-state index contributed by atoms with van der Waals surface area (Å²) in [5, 5.41) is 0. The minimum absolute atomic E-state index is 0.727. The van der Waals surface area contributed by atoms with Crippen LogP contribution in [0.1, 0.15) is 53.4 Å². The molecular formula is C14H27N. The number of piperidine rings is 1. The Morgan fingerprint density at radius 2 is 1.67 bits per heavy atom. The third-order valence-electron chi connectivity index (χ3n) is 5.44. The summed E-state index contributed by atoms with van der Waals surface area (Å²) in [4.78, 5) is 2.65. The zero-order valence-corrected chi connectivity index (χ0v) is 10.9. The average Bonchev–Trinajstić information content (AvgIpc) is 2.48. The second-order valence-electron chi connectivity index (χ2n) is 6.30. The molecule has 0 aromatic rings. The standard InChI is InChI=1S/C14H27N/c1-11(2)15-9-7-14(8-10-15)6-5-12(3)13(14)4/h11-13H,5-10H2,1-4H3. The molecule has 2 atom stereocenters. The van der Waals surface area contributed by atoms with Gasteiger partial charge in [-0.2, -0.15) is 0 Å². The Kier molecular flexibility index (Phi) is 3.12. The van der Waals surface area contributed by atoms with Crippen molar-refractivity contribution in [1.29, 1.82) is 0 Å². The summed E-state index contributed by atoms with van der Waals surface area (Å²) in [5.74, 6) is 1.93. The van der Waals surface area contributed by atoms with Crippen LogP contribution in [0.3, 0.4) is 0 Å². The highest BCUT2D eigenvalue weighted by molar-refractivity contribution is 4.96. The molecule has 0 bridgehead atoms. The van der Waals surface area contributed by atoms with E-state index in [2.05, 4.69) is 32.6 Å². The highest BCUT2D eigenvalue weighted by Gasteiger charge is 2.45. The first-order valence-electron chi connectivity index (χ1n) is 6.79. The van der Waals surface area contributed by atoms with Gasteiger partial charge in [0.15, 0.2) is 0 Å². The van der Waals surface area contributed by atoms with Gasteiger partial charge in [-0.25, -0.2) is 0 Å². The van der Waals surface area contributed by atoms with Crippen molar-refractivity contribution in [1.82, 2.24) is 4.90 Å². The number of hydrogen-bond acceptors (Lipinski definition) is 1. The van der Waals surface area contributed by atoms with E-state index in [1.165, 1.54) is 38.8 Å². The average molecular weight is 209 g/mol. The summed E-state index contributed by atoms with van der Waals surface area (Å²) in [6, 6.07) is 0.747. The molecule has 0 amide bonds. The van der Waals surface area contributed by atoms with E-state index in [0.717, 1.165) is 23.3 Å². The largest absolute Gasteiger partial charge is 0.301 e. The lowest BCUT2D eigenvalue weighted by atomic mass is 9.70. The lowest BCUT2D eigenvalue weighted by Gasteiger charge is -2.44. The molecule has 1 heteroatoms. The lowest BCUT2D eigenvalue weighted by Crippen LogP contribution is -2.44. The predicted octanol–water partition coefficient (Wildman–Crippen LogP) is 3.54. The van der Waals surface area contributed by atoms with Gasteiger partial charge in [-0.3, -0.25) is 0 Å². The number of hydrogen-bond donors (Lipinski definition) is 0. The van der Waals surface area contributed by atoms with Crippen LogP contribution in [0, 0.1) is 17.3 Å². The van der Waals surface area contributed by atoms with E-state index in [0.29, 0.717) is 0 Å². The molecule has 1 saturated carbocycles. The predicted molar refractivity (Wildman–Crippen MR) is 65.9 cm³/mol. The number of likely N-dealkylation sites (tertiary alicyclic amines) is 1. The Morgan fingerprint density at radius 3 is 2.07 bits per heavy atom.